The highest BCUT2D eigenvalue weighted by molar-refractivity contribution is 6.23. The maximum Gasteiger partial charge on any atom is 0.275 e. The van der Waals surface area contributed by atoms with Gasteiger partial charge in [0.15, 0.2) is 0 Å². The van der Waals surface area contributed by atoms with Crippen LogP contribution < -0.4 is 9.64 Å². The van der Waals surface area contributed by atoms with Gasteiger partial charge in [-0.1, -0.05) is 12.1 Å². The number of amides is 2. The van der Waals surface area contributed by atoms with Crippen molar-refractivity contribution in [2.45, 2.75) is 38.9 Å². The fourth-order valence-electron chi connectivity index (χ4n) is 4.77. The Morgan fingerprint density at radius 2 is 1.70 bits per heavy atom. The quantitative estimate of drug-likeness (QED) is 0.435. The molecule has 2 amide bonds. The van der Waals surface area contributed by atoms with Gasteiger partial charge in [-0.05, 0) is 43.9 Å². The van der Waals surface area contributed by atoms with Crippen LogP contribution in [0.5, 0.6) is 11.5 Å². The number of imide groups is 1. The summed E-state index contributed by atoms with van der Waals surface area (Å²) in [6.45, 7) is 3.79. The van der Waals surface area contributed by atoms with Crippen molar-refractivity contribution in [3.63, 3.8) is 0 Å². The van der Waals surface area contributed by atoms with Crippen LogP contribution >= 0.6 is 0 Å². The highest BCUT2D eigenvalue weighted by atomic mass is 16.6. The van der Waals surface area contributed by atoms with E-state index in [9.17, 15) is 19.7 Å². The summed E-state index contributed by atoms with van der Waals surface area (Å²) < 4.78 is 11.7. The first kappa shape index (κ1) is 18.7. The molecule has 0 N–H and O–H groups in total. The van der Waals surface area contributed by atoms with Crippen molar-refractivity contribution in [2.75, 3.05) is 4.90 Å². The molecular formula is C22H20N2O6. The van der Waals surface area contributed by atoms with Gasteiger partial charge in [-0.2, -0.15) is 0 Å². The molecule has 3 aliphatic rings. The highest BCUT2D eigenvalue weighted by Crippen LogP contribution is 2.50. The van der Waals surface area contributed by atoms with E-state index < -0.39 is 16.8 Å². The SMILES string of the molecule is Cc1ccc(C)c(Oc2cc(N3C(=O)[C@@H]4[C@H](C3=O)[C@@H]3CC[C@@H]4O3)cc([N+](=O)[O-])c2)c1. The highest BCUT2D eigenvalue weighted by Gasteiger charge is 2.62. The van der Waals surface area contributed by atoms with E-state index in [1.54, 1.807) is 0 Å². The van der Waals surface area contributed by atoms with Crippen molar-refractivity contribution >= 4 is 23.2 Å². The zero-order valence-electron chi connectivity index (χ0n) is 16.5. The number of anilines is 1. The summed E-state index contributed by atoms with van der Waals surface area (Å²) in [5.41, 5.74) is 1.76. The molecule has 3 aliphatic heterocycles. The molecule has 2 bridgehead atoms. The van der Waals surface area contributed by atoms with Crippen molar-refractivity contribution in [3.8, 4) is 11.5 Å². The Morgan fingerprint density at radius 1 is 1.03 bits per heavy atom. The number of carbonyl (C=O) groups is 2. The Kier molecular flexibility index (Phi) is 4.14. The number of non-ortho nitro benzene ring substituents is 1. The molecule has 3 fully saturated rings. The van der Waals surface area contributed by atoms with Crippen LogP contribution in [0.3, 0.4) is 0 Å². The molecule has 30 heavy (non-hydrogen) atoms. The summed E-state index contributed by atoms with van der Waals surface area (Å²) in [5, 5.41) is 11.5. The molecular weight excluding hydrogens is 388 g/mol. The summed E-state index contributed by atoms with van der Waals surface area (Å²) >= 11 is 0. The first-order chi connectivity index (χ1) is 14.3. The van der Waals surface area contributed by atoms with E-state index in [1.807, 2.05) is 32.0 Å². The molecule has 2 aromatic carbocycles. The maximum absolute atomic E-state index is 13.1. The average molecular weight is 408 g/mol. The lowest BCUT2D eigenvalue weighted by Crippen LogP contribution is -2.34. The smallest absolute Gasteiger partial charge is 0.275 e. The van der Waals surface area contributed by atoms with Gasteiger partial charge in [0.25, 0.3) is 5.69 Å². The number of nitro benzene ring substituents is 1. The molecule has 0 spiro atoms. The van der Waals surface area contributed by atoms with Crippen molar-refractivity contribution in [1.82, 2.24) is 0 Å². The van der Waals surface area contributed by atoms with Gasteiger partial charge in [-0.15, -0.1) is 0 Å². The van der Waals surface area contributed by atoms with E-state index in [4.69, 9.17) is 9.47 Å². The van der Waals surface area contributed by atoms with Crippen molar-refractivity contribution < 1.29 is 24.0 Å². The first-order valence-electron chi connectivity index (χ1n) is 9.91. The maximum atomic E-state index is 13.1. The molecule has 2 aromatic rings. The van der Waals surface area contributed by atoms with Crippen LogP contribution in [0.1, 0.15) is 24.0 Å². The number of rotatable bonds is 4. The Bertz CT molecular complexity index is 1070. The number of aryl methyl sites for hydroxylation is 2. The molecule has 5 rings (SSSR count). The van der Waals surface area contributed by atoms with Gasteiger partial charge in [-0.3, -0.25) is 19.7 Å². The Morgan fingerprint density at radius 3 is 2.33 bits per heavy atom. The minimum atomic E-state index is -0.557. The zero-order valence-corrected chi connectivity index (χ0v) is 16.5. The second-order valence-electron chi connectivity index (χ2n) is 8.17. The molecule has 0 radical (unpaired) electrons. The normalized spacial score (nSPS) is 26.9. The molecule has 0 saturated carbocycles. The molecule has 0 unspecified atom stereocenters. The van der Waals surface area contributed by atoms with E-state index in [-0.39, 0.29) is 41.1 Å². The van der Waals surface area contributed by atoms with Gasteiger partial charge in [0.1, 0.15) is 11.5 Å². The Balaban J connectivity index is 1.54. The van der Waals surface area contributed by atoms with E-state index in [0.717, 1.165) is 28.9 Å². The molecule has 4 atom stereocenters. The van der Waals surface area contributed by atoms with Crippen LogP contribution in [0.25, 0.3) is 0 Å². The third-order valence-corrected chi connectivity index (χ3v) is 6.20. The lowest BCUT2D eigenvalue weighted by Gasteiger charge is -2.18. The largest absolute Gasteiger partial charge is 0.457 e. The molecule has 154 valence electrons. The lowest BCUT2D eigenvalue weighted by atomic mass is 9.81. The van der Waals surface area contributed by atoms with E-state index in [1.165, 1.54) is 18.2 Å². The molecule has 0 aromatic heterocycles. The number of fused-ring (bicyclic) bond motifs is 5. The van der Waals surface area contributed by atoms with Crippen LogP contribution in [0.2, 0.25) is 0 Å². The number of carbonyl (C=O) groups excluding carboxylic acids is 2. The van der Waals surface area contributed by atoms with E-state index in [0.29, 0.717) is 5.75 Å². The number of nitrogens with zero attached hydrogens (tertiary/aromatic N) is 2. The molecule has 3 heterocycles. The third-order valence-electron chi connectivity index (χ3n) is 6.20. The van der Waals surface area contributed by atoms with E-state index in [2.05, 4.69) is 0 Å². The minimum Gasteiger partial charge on any atom is -0.457 e. The van der Waals surface area contributed by atoms with Gasteiger partial charge in [-0.25, -0.2) is 4.90 Å². The monoisotopic (exact) mass is 408 g/mol. The second-order valence-corrected chi connectivity index (χ2v) is 8.17. The lowest BCUT2D eigenvalue weighted by molar-refractivity contribution is -0.384. The van der Waals surface area contributed by atoms with Crippen LogP contribution in [0.4, 0.5) is 11.4 Å². The average Bonchev–Trinajstić information content (AvgIpc) is 3.38. The fourth-order valence-corrected chi connectivity index (χ4v) is 4.77. The predicted molar refractivity (Wildman–Crippen MR) is 106 cm³/mol. The third kappa shape index (κ3) is 2.79. The summed E-state index contributed by atoms with van der Waals surface area (Å²) in [6.07, 6.45) is 1.03. The number of hydrogen-bond donors (Lipinski definition) is 0. The predicted octanol–water partition coefficient (Wildman–Crippen LogP) is 3.67. The van der Waals surface area contributed by atoms with Crippen molar-refractivity contribution in [2.24, 2.45) is 11.8 Å². The van der Waals surface area contributed by atoms with Crippen molar-refractivity contribution in [1.29, 1.82) is 0 Å². The molecule has 3 saturated heterocycles. The van der Waals surface area contributed by atoms with Crippen LogP contribution in [0.15, 0.2) is 36.4 Å². The summed E-state index contributed by atoms with van der Waals surface area (Å²) in [4.78, 5) is 38.1. The van der Waals surface area contributed by atoms with Crippen LogP contribution in [0, 0.1) is 35.8 Å². The number of ether oxygens (including phenoxy) is 2. The van der Waals surface area contributed by atoms with Crippen molar-refractivity contribution in [3.05, 3.63) is 57.6 Å². The molecule has 8 heteroatoms. The number of benzene rings is 2. The fraction of sp³-hybridized carbons (Fsp3) is 0.364. The summed E-state index contributed by atoms with van der Waals surface area (Å²) in [6, 6.07) is 9.72. The Hall–Kier alpha value is -3.26. The van der Waals surface area contributed by atoms with Crippen LogP contribution in [-0.4, -0.2) is 28.9 Å². The number of hydrogen-bond acceptors (Lipinski definition) is 6. The van der Waals surface area contributed by atoms with Gasteiger partial charge in [0, 0.05) is 12.1 Å². The van der Waals surface area contributed by atoms with E-state index >= 15 is 0 Å². The van der Waals surface area contributed by atoms with Gasteiger partial charge >= 0.3 is 0 Å². The second kappa shape index (κ2) is 6.63. The first-order valence-corrected chi connectivity index (χ1v) is 9.91. The van der Waals surface area contributed by atoms with Crippen LogP contribution in [-0.2, 0) is 14.3 Å². The van der Waals surface area contributed by atoms with Gasteiger partial charge in [0.2, 0.25) is 11.8 Å². The molecule has 0 aliphatic carbocycles. The Labute approximate surface area is 172 Å². The topological polar surface area (TPSA) is 99.0 Å². The summed E-state index contributed by atoms with van der Waals surface area (Å²) in [7, 11) is 0. The molecule has 8 nitrogen and oxygen atoms in total. The zero-order chi connectivity index (χ0) is 21.2. The standard InChI is InChI=1S/C22H20N2O6/c1-11-3-4-12(2)18(7-11)29-15-9-13(8-14(10-15)24(27)28)23-21(25)19-16-5-6-17(30-16)20(19)22(23)26/h3-4,7-10,16-17,19-20H,5-6H2,1-2H3/t16-,17-,19-,20+/m0/s1. The van der Waals surface area contributed by atoms with Gasteiger partial charge < -0.3 is 9.47 Å². The number of nitro groups is 1. The summed E-state index contributed by atoms with van der Waals surface area (Å²) in [5.74, 6) is -0.947. The van der Waals surface area contributed by atoms with Gasteiger partial charge in [0.05, 0.1) is 40.7 Å². The minimum absolute atomic E-state index is 0.160.